The average Bonchev–Trinajstić information content (AvgIpc) is 2.79. The Morgan fingerprint density at radius 1 is 1.19 bits per heavy atom. The smallest absolute Gasteiger partial charge is 0.119 e. The molecule has 0 saturated carbocycles. The number of ether oxygens (including phenoxy) is 1. The molecule has 86 valence electrons. The third-order valence-corrected chi connectivity index (χ3v) is 2.13. The van der Waals surface area contributed by atoms with Gasteiger partial charge in [0.1, 0.15) is 5.75 Å². The molecule has 0 aliphatic carbocycles. The standard InChI is InChI=1S/C12H14N2O.ClH/c1-2-5-12(6-3-1)15-10-4-8-14-9-7-13-11-14;/h1-3,5-7,9,11H,4,8,10H2;1H. The molecule has 1 heterocycles. The molecular weight excluding hydrogens is 224 g/mol. The van der Waals surface area contributed by atoms with Crippen molar-refractivity contribution in [3.63, 3.8) is 0 Å². The molecule has 2 rings (SSSR count). The molecule has 0 radical (unpaired) electrons. The molecule has 16 heavy (non-hydrogen) atoms. The summed E-state index contributed by atoms with van der Waals surface area (Å²) in [6, 6.07) is 9.88. The Morgan fingerprint density at radius 3 is 2.69 bits per heavy atom. The number of rotatable bonds is 5. The molecule has 3 nitrogen and oxygen atoms in total. The topological polar surface area (TPSA) is 27.1 Å². The van der Waals surface area contributed by atoms with E-state index in [2.05, 4.69) is 4.98 Å². The molecule has 0 atom stereocenters. The Labute approximate surface area is 101 Å². The zero-order valence-corrected chi connectivity index (χ0v) is 9.77. The summed E-state index contributed by atoms with van der Waals surface area (Å²) in [7, 11) is 0. The number of hydrogen-bond donors (Lipinski definition) is 0. The second kappa shape index (κ2) is 6.90. The lowest BCUT2D eigenvalue weighted by molar-refractivity contribution is 0.302. The fraction of sp³-hybridized carbons (Fsp3) is 0.250. The van der Waals surface area contributed by atoms with Gasteiger partial charge >= 0.3 is 0 Å². The Kier molecular flexibility index (Phi) is 5.43. The molecule has 0 unspecified atom stereocenters. The first-order valence-electron chi connectivity index (χ1n) is 5.09. The van der Waals surface area contributed by atoms with Crippen LogP contribution >= 0.6 is 12.4 Å². The molecule has 0 aliphatic rings. The van der Waals surface area contributed by atoms with Gasteiger partial charge in [-0.3, -0.25) is 0 Å². The summed E-state index contributed by atoms with van der Waals surface area (Å²) >= 11 is 0. The normalized spacial score (nSPS) is 9.50. The van der Waals surface area contributed by atoms with Crippen LogP contribution < -0.4 is 4.74 Å². The summed E-state index contributed by atoms with van der Waals surface area (Å²) in [5.41, 5.74) is 0. The van der Waals surface area contributed by atoms with Gasteiger partial charge in [-0.05, 0) is 18.6 Å². The largest absolute Gasteiger partial charge is 0.494 e. The Hall–Kier alpha value is -1.48. The van der Waals surface area contributed by atoms with Crippen molar-refractivity contribution in [2.45, 2.75) is 13.0 Å². The minimum absolute atomic E-state index is 0. The van der Waals surface area contributed by atoms with Crippen LogP contribution in [0.3, 0.4) is 0 Å². The summed E-state index contributed by atoms with van der Waals surface area (Å²) in [6.45, 7) is 1.69. The van der Waals surface area contributed by atoms with Crippen LogP contribution in [0.2, 0.25) is 0 Å². The van der Waals surface area contributed by atoms with E-state index in [0.717, 1.165) is 25.3 Å². The molecule has 0 fully saturated rings. The van der Waals surface area contributed by atoms with Crippen molar-refractivity contribution < 1.29 is 4.74 Å². The van der Waals surface area contributed by atoms with Crippen LogP contribution in [0.4, 0.5) is 0 Å². The molecule has 2 aromatic rings. The first-order valence-corrected chi connectivity index (χ1v) is 5.09. The second-order valence-electron chi connectivity index (χ2n) is 3.32. The molecule has 0 aliphatic heterocycles. The number of aryl methyl sites for hydroxylation is 1. The van der Waals surface area contributed by atoms with Crippen LogP contribution in [0.5, 0.6) is 5.75 Å². The summed E-state index contributed by atoms with van der Waals surface area (Å²) in [4.78, 5) is 3.98. The van der Waals surface area contributed by atoms with Gasteiger partial charge in [0.2, 0.25) is 0 Å². The van der Waals surface area contributed by atoms with Gasteiger partial charge in [0.25, 0.3) is 0 Å². The Balaban J connectivity index is 0.00000128. The number of aromatic nitrogens is 2. The SMILES string of the molecule is Cl.c1ccc(OCCCn2ccnc2)cc1. The van der Waals surface area contributed by atoms with Gasteiger partial charge in [0.15, 0.2) is 0 Å². The van der Waals surface area contributed by atoms with Gasteiger partial charge in [-0.15, -0.1) is 12.4 Å². The molecule has 1 aromatic carbocycles. The van der Waals surface area contributed by atoms with Crippen molar-refractivity contribution >= 4 is 12.4 Å². The van der Waals surface area contributed by atoms with Gasteiger partial charge in [-0.1, -0.05) is 18.2 Å². The van der Waals surface area contributed by atoms with Crippen molar-refractivity contribution in [3.05, 3.63) is 49.1 Å². The first kappa shape index (κ1) is 12.6. The van der Waals surface area contributed by atoms with Crippen LogP contribution in [0.1, 0.15) is 6.42 Å². The highest BCUT2D eigenvalue weighted by Crippen LogP contribution is 2.08. The van der Waals surface area contributed by atoms with Gasteiger partial charge < -0.3 is 9.30 Å². The lowest BCUT2D eigenvalue weighted by Crippen LogP contribution is -2.02. The molecule has 0 N–H and O–H groups in total. The van der Waals surface area contributed by atoms with Crippen LogP contribution in [0, 0.1) is 0 Å². The number of nitrogens with zero attached hydrogens (tertiary/aromatic N) is 2. The van der Waals surface area contributed by atoms with Crippen molar-refractivity contribution in [2.75, 3.05) is 6.61 Å². The van der Waals surface area contributed by atoms with Crippen molar-refractivity contribution in [1.29, 1.82) is 0 Å². The summed E-state index contributed by atoms with van der Waals surface area (Å²) in [5.74, 6) is 0.933. The number of halogens is 1. The highest BCUT2D eigenvalue weighted by molar-refractivity contribution is 5.85. The highest BCUT2D eigenvalue weighted by Gasteiger charge is 1.92. The van der Waals surface area contributed by atoms with E-state index in [-0.39, 0.29) is 12.4 Å². The van der Waals surface area contributed by atoms with Crippen LogP contribution in [0.25, 0.3) is 0 Å². The zero-order chi connectivity index (χ0) is 10.3. The van der Waals surface area contributed by atoms with E-state index in [9.17, 15) is 0 Å². The maximum Gasteiger partial charge on any atom is 0.119 e. The third kappa shape index (κ3) is 3.95. The summed E-state index contributed by atoms with van der Waals surface area (Å²) in [6.07, 6.45) is 6.56. The lowest BCUT2D eigenvalue weighted by Gasteiger charge is -2.05. The first-order chi connectivity index (χ1) is 7.45. The Bertz CT molecular complexity index is 375. The van der Waals surface area contributed by atoms with E-state index in [1.54, 1.807) is 6.20 Å². The predicted molar refractivity (Wildman–Crippen MR) is 66.0 cm³/mol. The molecule has 0 bridgehead atoms. The molecular formula is C12H15ClN2O. The van der Waals surface area contributed by atoms with E-state index >= 15 is 0 Å². The van der Waals surface area contributed by atoms with Gasteiger partial charge in [-0.25, -0.2) is 4.98 Å². The van der Waals surface area contributed by atoms with E-state index < -0.39 is 0 Å². The number of hydrogen-bond acceptors (Lipinski definition) is 2. The number of para-hydroxylation sites is 1. The summed E-state index contributed by atoms with van der Waals surface area (Å²) < 4.78 is 7.62. The minimum Gasteiger partial charge on any atom is -0.494 e. The zero-order valence-electron chi connectivity index (χ0n) is 8.95. The second-order valence-corrected chi connectivity index (χ2v) is 3.32. The fourth-order valence-corrected chi connectivity index (χ4v) is 1.37. The van der Waals surface area contributed by atoms with E-state index in [0.29, 0.717) is 0 Å². The Morgan fingerprint density at radius 2 is 2.00 bits per heavy atom. The van der Waals surface area contributed by atoms with Crippen molar-refractivity contribution in [3.8, 4) is 5.75 Å². The number of benzene rings is 1. The van der Waals surface area contributed by atoms with E-state index in [4.69, 9.17) is 4.74 Å². The molecule has 4 heteroatoms. The van der Waals surface area contributed by atoms with Crippen LogP contribution in [0.15, 0.2) is 49.1 Å². The molecule has 0 saturated heterocycles. The van der Waals surface area contributed by atoms with Crippen LogP contribution in [-0.2, 0) is 6.54 Å². The highest BCUT2D eigenvalue weighted by atomic mass is 35.5. The average molecular weight is 239 g/mol. The monoisotopic (exact) mass is 238 g/mol. The van der Waals surface area contributed by atoms with Gasteiger partial charge in [0.05, 0.1) is 12.9 Å². The molecule has 1 aromatic heterocycles. The maximum atomic E-state index is 5.57. The maximum absolute atomic E-state index is 5.57. The number of imidazole rings is 1. The van der Waals surface area contributed by atoms with Crippen LogP contribution in [-0.4, -0.2) is 16.2 Å². The minimum atomic E-state index is 0. The predicted octanol–water partition coefficient (Wildman–Crippen LogP) is 2.77. The van der Waals surface area contributed by atoms with E-state index in [1.807, 2.05) is 47.4 Å². The molecule has 0 amide bonds. The lowest BCUT2D eigenvalue weighted by atomic mass is 10.3. The van der Waals surface area contributed by atoms with Gasteiger partial charge in [-0.2, -0.15) is 0 Å². The van der Waals surface area contributed by atoms with Crippen molar-refractivity contribution in [2.24, 2.45) is 0 Å². The third-order valence-electron chi connectivity index (χ3n) is 2.13. The van der Waals surface area contributed by atoms with Gasteiger partial charge in [0, 0.05) is 18.9 Å². The quantitative estimate of drug-likeness (QED) is 0.749. The molecule has 0 spiro atoms. The fourth-order valence-electron chi connectivity index (χ4n) is 1.37. The van der Waals surface area contributed by atoms with E-state index in [1.165, 1.54) is 0 Å². The van der Waals surface area contributed by atoms with Crippen molar-refractivity contribution in [1.82, 2.24) is 9.55 Å². The summed E-state index contributed by atoms with van der Waals surface area (Å²) in [5, 5.41) is 0.